The van der Waals surface area contributed by atoms with Gasteiger partial charge in [-0.2, -0.15) is 0 Å². The summed E-state index contributed by atoms with van der Waals surface area (Å²) in [5.41, 5.74) is 1.48. The third-order valence-electron chi connectivity index (χ3n) is 3.29. The van der Waals surface area contributed by atoms with Crippen molar-refractivity contribution in [1.29, 1.82) is 0 Å². The third kappa shape index (κ3) is 3.92. The Morgan fingerprint density at radius 3 is 2.59 bits per heavy atom. The van der Waals surface area contributed by atoms with Crippen LogP contribution in [0.1, 0.15) is 15.9 Å². The Labute approximate surface area is 135 Å². The lowest BCUT2D eigenvalue weighted by atomic mass is 10.1. The van der Waals surface area contributed by atoms with Crippen molar-refractivity contribution in [2.45, 2.75) is 6.42 Å². The normalized spacial score (nSPS) is 10.1. The molecule has 2 aromatic carbocycles. The number of halogens is 1. The van der Waals surface area contributed by atoms with Gasteiger partial charge in [-0.15, -0.1) is 0 Å². The largest absolute Gasteiger partial charge is 0.497 e. The number of hydrogen-bond donors (Lipinski definition) is 1. The lowest BCUT2D eigenvalue weighted by Crippen LogP contribution is -2.26. The van der Waals surface area contributed by atoms with Crippen molar-refractivity contribution in [3.63, 3.8) is 0 Å². The van der Waals surface area contributed by atoms with Gasteiger partial charge in [0.05, 0.1) is 19.8 Å². The molecule has 116 valence electrons. The molecule has 5 heteroatoms. The van der Waals surface area contributed by atoms with Crippen LogP contribution in [0.15, 0.2) is 42.5 Å². The summed E-state index contributed by atoms with van der Waals surface area (Å²) in [5, 5.41) is 3.50. The predicted octanol–water partition coefficient (Wildman–Crippen LogP) is 3.33. The van der Waals surface area contributed by atoms with Crippen molar-refractivity contribution in [3.8, 4) is 11.5 Å². The highest BCUT2D eigenvalue weighted by Crippen LogP contribution is 2.22. The summed E-state index contributed by atoms with van der Waals surface area (Å²) in [5.74, 6) is 1.11. The maximum atomic E-state index is 12.2. The molecule has 4 nitrogen and oxygen atoms in total. The van der Waals surface area contributed by atoms with Crippen molar-refractivity contribution >= 4 is 17.5 Å². The van der Waals surface area contributed by atoms with Gasteiger partial charge in [0.25, 0.3) is 5.91 Å². The molecule has 22 heavy (non-hydrogen) atoms. The van der Waals surface area contributed by atoms with E-state index in [9.17, 15) is 4.79 Å². The monoisotopic (exact) mass is 319 g/mol. The van der Waals surface area contributed by atoms with Crippen LogP contribution in [0.25, 0.3) is 0 Å². The standard InChI is InChI=1S/C17H18ClNO3/c1-21-13-8-7-12(15(18)11-13)9-10-19-17(20)14-5-3-4-6-16(14)22-2/h3-8,11H,9-10H2,1-2H3,(H,19,20). The zero-order chi connectivity index (χ0) is 15.9. The number of carbonyl (C=O) groups is 1. The summed E-state index contributed by atoms with van der Waals surface area (Å²) in [6, 6.07) is 12.6. The van der Waals surface area contributed by atoms with Crippen molar-refractivity contribution in [3.05, 3.63) is 58.6 Å². The molecule has 0 fully saturated rings. The van der Waals surface area contributed by atoms with E-state index in [1.165, 1.54) is 0 Å². The number of benzene rings is 2. The third-order valence-corrected chi connectivity index (χ3v) is 3.64. The van der Waals surface area contributed by atoms with Gasteiger partial charge in [0.1, 0.15) is 11.5 Å². The number of carbonyl (C=O) groups excluding carboxylic acids is 1. The molecule has 0 spiro atoms. The summed E-state index contributed by atoms with van der Waals surface area (Å²) in [6.07, 6.45) is 0.643. The van der Waals surface area contributed by atoms with Crippen LogP contribution in [-0.4, -0.2) is 26.7 Å². The Hall–Kier alpha value is -2.20. The van der Waals surface area contributed by atoms with Gasteiger partial charge in [0, 0.05) is 11.6 Å². The maximum absolute atomic E-state index is 12.2. The lowest BCUT2D eigenvalue weighted by molar-refractivity contribution is 0.0951. The minimum atomic E-state index is -0.165. The molecule has 2 aromatic rings. The first kappa shape index (κ1) is 16.2. The summed E-state index contributed by atoms with van der Waals surface area (Å²) in [4.78, 5) is 12.2. The van der Waals surface area contributed by atoms with E-state index in [-0.39, 0.29) is 5.91 Å². The molecule has 0 aliphatic rings. The average molecular weight is 320 g/mol. The Bertz CT molecular complexity index is 658. The lowest BCUT2D eigenvalue weighted by Gasteiger charge is -2.10. The molecular weight excluding hydrogens is 302 g/mol. The first-order valence-electron chi connectivity index (χ1n) is 6.89. The van der Waals surface area contributed by atoms with Gasteiger partial charge in [0.15, 0.2) is 0 Å². The minimum absolute atomic E-state index is 0.165. The van der Waals surface area contributed by atoms with Crippen molar-refractivity contribution in [1.82, 2.24) is 5.32 Å². The highest BCUT2D eigenvalue weighted by Gasteiger charge is 2.11. The van der Waals surface area contributed by atoms with Crippen LogP contribution in [0.3, 0.4) is 0 Å². The minimum Gasteiger partial charge on any atom is -0.497 e. The van der Waals surface area contributed by atoms with Crippen molar-refractivity contribution in [2.24, 2.45) is 0 Å². The Balaban J connectivity index is 1.95. The van der Waals surface area contributed by atoms with Gasteiger partial charge in [-0.05, 0) is 36.2 Å². The van der Waals surface area contributed by atoms with Gasteiger partial charge in [-0.3, -0.25) is 4.79 Å². The second-order valence-electron chi connectivity index (χ2n) is 4.66. The summed E-state index contributed by atoms with van der Waals surface area (Å²) >= 11 is 6.18. The number of para-hydroxylation sites is 1. The number of nitrogens with one attached hydrogen (secondary N) is 1. The Morgan fingerprint density at radius 2 is 1.91 bits per heavy atom. The number of methoxy groups -OCH3 is 2. The van der Waals surface area contributed by atoms with Crippen LogP contribution >= 0.6 is 11.6 Å². The molecule has 0 bridgehead atoms. The van der Waals surface area contributed by atoms with Crippen LogP contribution in [-0.2, 0) is 6.42 Å². The van der Waals surface area contributed by atoms with Crippen molar-refractivity contribution < 1.29 is 14.3 Å². The van der Waals surface area contributed by atoms with E-state index in [4.69, 9.17) is 21.1 Å². The molecule has 0 aliphatic carbocycles. The molecular formula is C17H18ClNO3. The Morgan fingerprint density at radius 1 is 1.14 bits per heavy atom. The molecule has 0 saturated carbocycles. The van der Waals surface area contributed by atoms with E-state index in [1.807, 2.05) is 18.2 Å². The summed E-state index contributed by atoms with van der Waals surface area (Å²) < 4.78 is 10.3. The number of hydrogen-bond acceptors (Lipinski definition) is 3. The van der Waals surface area contributed by atoms with E-state index in [2.05, 4.69) is 5.32 Å². The van der Waals surface area contributed by atoms with Gasteiger partial charge in [-0.25, -0.2) is 0 Å². The molecule has 1 amide bonds. The quantitative estimate of drug-likeness (QED) is 0.888. The predicted molar refractivity (Wildman–Crippen MR) is 87.0 cm³/mol. The van der Waals surface area contributed by atoms with Crippen LogP contribution in [0.5, 0.6) is 11.5 Å². The van der Waals surface area contributed by atoms with Crippen LogP contribution in [0, 0.1) is 0 Å². The molecule has 0 saturated heterocycles. The fourth-order valence-electron chi connectivity index (χ4n) is 2.10. The smallest absolute Gasteiger partial charge is 0.255 e. The SMILES string of the molecule is COc1ccc(CCNC(=O)c2ccccc2OC)c(Cl)c1. The highest BCUT2D eigenvalue weighted by molar-refractivity contribution is 6.31. The molecule has 0 aliphatic heterocycles. The molecule has 1 N–H and O–H groups in total. The number of ether oxygens (including phenoxy) is 2. The van der Waals surface area contributed by atoms with Gasteiger partial charge in [0.2, 0.25) is 0 Å². The number of amides is 1. The topological polar surface area (TPSA) is 47.6 Å². The van der Waals surface area contributed by atoms with E-state index < -0.39 is 0 Å². The molecule has 0 heterocycles. The van der Waals surface area contributed by atoms with E-state index in [0.29, 0.717) is 35.1 Å². The first-order valence-corrected chi connectivity index (χ1v) is 7.27. The van der Waals surface area contributed by atoms with Crippen molar-refractivity contribution in [2.75, 3.05) is 20.8 Å². The van der Waals surface area contributed by atoms with E-state index in [0.717, 1.165) is 5.56 Å². The second-order valence-corrected chi connectivity index (χ2v) is 5.07. The van der Waals surface area contributed by atoms with E-state index in [1.54, 1.807) is 38.5 Å². The fourth-order valence-corrected chi connectivity index (χ4v) is 2.36. The van der Waals surface area contributed by atoms with Crippen LogP contribution < -0.4 is 14.8 Å². The number of rotatable bonds is 6. The molecule has 0 atom stereocenters. The fraction of sp³-hybridized carbons (Fsp3) is 0.235. The van der Waals surface area contributed by atoms with E-state index >= 15 is 0 Å². The zero-order valence-corrected chi connectivity index (χ0v) is 13.3. The summed E-state index contributed by atoms with van der Waals surface area (Å²) in [6.45, 7) is 0.489. The van der Waals surface area contributed by atoms with Crippen LogP contribution in [0.2, 0.25) is 5.02 Å². The first-order chi connectivity index (χ1) is 10.7. The molecule has 2 rings (SSSR count). The average Bonchev–Trinajstić information content (AvgIpc) is 2.56. The Kier molecular flexibility index (Phi) is 5.67. The molecule has 0 aromatic heterocycles. The second kappa shape index (κ2) is 7.71. The molecule has 0 radical (unpaired) electrons. The highest BCUT2D eigenvalue weighted by atomic mass is 35.5. The van der Waals surface area contributed by atoms with Gasteiger partial charge >= 0.3 is 0 Å². The molecule has 0 unspecified atom stereocenters. The van der Waals surface area contributed by atoms with Crippen LogP contribution in [0.4, 0.5) is 0 Å². The summed E-state index contributed by atoms with van der Waals surface area (Å²) in [7, 11) is 3.14. The van der Waals surface area contributed by atoms with Gasteiger partial charge < -0.3 is 14.8 Å². The van der Waals surface area contributed by atoms with Gasteiger partial charge in [-0.1, -0.05) is 29.8 Å². The maximum Gasteiger partial charge on any atom is 0.255 e. The zero-order valence-electron chi connectivity index (χ0n) is 12.6.